The third-order valence-electron chi connectivity index (χ3n) is 5.10. The van der Waals surface area contributed by atoms with Crippen LogP contribution in [0.15, 0.2) is 66.7 Å². The lowest BCUT2D eigenvalue weighted by molar-refractivity contribution is -0.128. The van der Waals surface area contributed by atoms with E-state index in [1.807, 2.05) is 74.5 Å². The summed E-state index contributed by atoms with van der Waals surface area (Å²) < 4.78 is 12.0. The van der Waals surface area contributed by atoms with Crippen LogP contribution in [0, 0.1) is 0 Å². The molecule has 1 N–H and O–H groups in total. The van der Waals surface area contributed by atoms with Gasteiger partial charge in [-0.25, -0.2) is 0 Å². The molecule has 0 saturated heterocycles. The van der Waals surface area contributed by atoms with Crippen LogP contribution in [0.2, 0.25) is 0 Å². The molecule has 0 fully saturated rings. The van der Waals surface area contributed by atoms with Gasteiger partial charge in [0.15, 0.2) is 6.10 Å². The van der Waals surface area contributed by atoms with E-state index in [-0.39, 0.29) is 17.6 Å². The smallest absolute Gasteiger partial charge is 0.261 e. The predicted octanol–water partition coefficient (Wildman–Crippen LogP) is 5.03. The molecule has 28 heavy (non-hydrogen) atoms. The van der Waals surface area contributed by atoms with E-state index in [0.29, 0.717) is 12.2 Å². The molecule has 3 aromatic carbocycles. The second-order valence-electron chi connectivity index (χ2n) is 7.93. The number of hydrogen-bond acceptors (Lipinski definition) is 3. The number of fused-ring (bicyclic) bond motifs is 2. The van der Waals surface area contributed by atoms with Crippen LogP contribution < -0.4 is 14.8 Å². The topological polar surface area (TPSA) is 47.6 Å². The Balaban J connectivity index is 1.48. The van der Waals surface area contributed by atoms with Crippen molar-refractivity contribution in [1.82, 2.24) is 5.32 Å². The third kappa shape index (κ3) is 3.81. The minimum Gasteiger partial charge on any atom is -0.487 e. The number of carbonyl (C=O) groups excluding carboxylic acids is 1. The maximum atomic E-state index is 12.8. The van der Waals surface area contributed by atoms with Gasteiger partial charge in [-0.15, -0.1) is 0 Å². The van der Waals surface area contributed by atoms with Crippen molar-refractivity contribution in [1.29, 1.82) is 0 Å². The van der Waals surface area contributed by atoms with Gasteiger partial charge in [-0.05, 0) is 49.7 Å². The van der Waals surface area contributed by atoms with Gasteiger partial charge >= 0.3 is 0 Å². The Kier molecular flexibility index (Phi) is 4.71. The second kappa shape index (κ2) is 7.19. The van der Waals surface area contributed by atoms with Crippen molar-refractivity contribution in [3.05, 3.63) is 72.3 Å². The number of rotatable bonds is 4. The van der Waals surface area contributed by atoms with Crippen molar-refractivity contribution in [2.45, 2.75) is 44.9 Å². The minimum absolute atomic E-state index is 0.102. The Bertz CT molecular complexity index is 1010. The second-order valence-corrected chi connectivity index (χ2v) is 7.93. The number of hydrogen-bond donors (Lipinski definition) is 1. The van der Waals surface area contributed by atoms with Gasteiger partial charge in [0.25, 0.3) is 5.91 Å². The van der Waals surface area contributed by atoms with Crippen LogP contribution in [0.3, 0.4) is 0 Å². The summed E-state index contributed by atoms with van der Waals surface area (Å²) >= 11 is 0. The Labute approximate surface area is 165 Å². The highest BCUT2D eigenvalue weighted by atomic mass is 16.5. The fraction of sp³-hybridized carbons (Fsp3) is 0.292. The Hall–Kier alpha value is -3.01. The fourth-order valence-corrected chi connectivity index (χ4v) is 3.72. The highest BCUT2D eigenvalue weighted by molar-refractivity contribution is 5.84. The van der Waals surface area contributed by atoms with Gasteiger partial charge in [0.1, 0.15) is 17.1 Å². The molecule has 0 unspecified atom stereocenters. The number of para-hydroxylation sites is 1. The molecule has 1 heterocycles. The van der Waals surface area contributed by atoms with Gasteiger partial charge in [0, 0.05) is 12.0 Å². The van der Waals surface area contributed by atoms with Gasteiger partial charge in [-0.3, -0.25) is 4.79 Å². The van der Waals surface area contributed by atoms with Crippen molar-refractivity contribution in [2.24, 2.45) is 0 Å². The van der Waals surface area contributed by atoms with Crippen LogP contribution in [-0.4, -0.2) is 17.6 Å². The molecule has 0 bridgehead atoms. The van der Waals surface area contributed by atoms with E-state index in [1.54, 1.807) is 6.92 Å². The molecule has 2 atom stereocenters. The summed E-state index contributed by atoms with van der Waals surface area (Å²) in [6.07, 6.45) is 0.109. The molecule has 4 nitrogen and oxygen atoms in total. The van der Waals surface area contributed by atoms with Crippen molar-refractivity contribution in [2.75, 3.05) is 0 Å². The van der Waals surface area contributed by atoms with E-state index in [1.165, 1.54) is 0 Å². The lowest BCUT2D eigenvalue weighted by atomic mass is 9.89. The summed E-state index contributed by atoms with van der Waals surface area (Å²) in [6.45, 7) is 5.86. The van der Waals surface area contributed by atoms with Crippen LogP contribution >= 0.6 is 0 Å². The zero-order valence-electron chi connectivity index (χ0n) is 16.4. The van der Waals surface area contributed by atoms with Crippen molar-refractivity contribution >= 4 is 16.7 Å². The van der Waals surface area contributed by atoms with Gasteiger partial charge in [0.2, 0.25) is 0 Å². The summed E-state index contributed by atoms with van der Waals surface area (Å²) in [7, 11) is 0. The quantitative estimate of drug-likeness (QED) is 0.696. The van der Waals surface area contributed by atoms with Crippen LogP contribution in [0.5, 0.6) is 11.5 Å². The first-order valence-corrected chi connectivity index (χ1v) is 9.65. The zero-order chi connectivity index (χ0) is 19.7. The summed E-state index contributed by atoms with van der Waals surface area (Å²) in [5.41, 5.74) is 0.669. The van der Waals surface area contributed by atoms with Gasteiger partial charge < -0.3 is 14.8 Å². The maximum absolute atomic E-state index is 12.8. The standard InChI is InChI=1S/C24H25NO3/c1-16(27-19-13-12-17-8-4-5-9-18(17)14-19)23(26)25-21-15-24(2,3)28-22-11-7-6-10-20(21)22/h4-14,16,21H,15H2,1-3H3,(H,25,26)/t16-,21-/m0/s1. The molecule has 4 heteroatoms. The van der Waals surface area contributed by atoms with Gasteiger partial charge in [0.05, 0.1) is 6.04 Å². The molecular formula is C24H25NO3. The van der Waals surface area contributed by atoms with E-state index < -0.39 is 6.10 Å². The first-order chi connectivity index (χ1) is 13.4. The number of carbonyl (C=O) groups is 1. The Morgan fingerprint density at radius 3 is 2.61 bits per heavy atom. The van der Waals surface area contributed by atoms with Crippen LogP contribution in [-0.2, 0) is 4.79 Å². The summed E-state index contributed by atoms with van der Waals surface area (Å²) in [4.78, 5) is 12.8. The molecule has 0 aromatic heterocycles. The first kappa shape index (κ1) is 18.4. The van der Waals surface area contributed by atoms with E-state index in [0.717, 1.165) is 22.1 Å². The predicted molar refractivity (Wildman–Crippen MR) is 111 cm³/mol. The van der Waals surface area contributed by atoms with Crippen molar-refractivity contribution < 1.29 is 14.3 Å². The molecular weight excluding hydrogens is 350 g/mol. The highest BCUT2D eigenvalue weighted by Gasteiger charge is 2.35. The van der Waals surface area contributed by atoms with Crippen LogP contribution in [0.1, 0.15) is 38.8 Å². The Morgan fingerprint density at radius 2 is 1.79 bits per heavy atom. The van der Waals surface area contributed by atoms with Crippen LogP contribution in [0.4, 0.5) is 0 Å². The van der Waals surface area contributed by atoms with Gasteiger partial charge in [-0.1, -0.05) is 48.5 Å². The summed E-state index contributed by atoms with van der Waals surface area (Å²) in [6, 6.07) is 21.7. The molecule has 0 saturated carbocycles. The highest BCUT2D eigenvalue weighted by Crippen LogP contribution is 2.39. The average molecular weight is 375 g/mol. The van der Waals surface area contributed by atoms with E-state index >= 15 is 0 Å². The zero-order valence-corrected chi connectivity index (χ0v) is 16.4. The Morgan fingerprint density at radius 1 is 1.07 bits per heavy atom. The molecule has 0 spiro atoms. The lowest BCUT2D eigenvalue weighted by Gasteiger charge is -2.38. The molecule has 4 rings (SSSR count). The average Bonchev–Trinajstić information content (AvgIpc) is 2.67. The third-order valence-corrected chi connectivity index (χ3v) is 5.10. The largest absolute Gasteiger partial charge is 0.487 e. The van der Waals surface area contributed by atoms with E-state index in [9.17, 15) is 4.79 Å². The van der Waals surface area contributed by atoms with E-state index in [4.69, 9.17) is 9.47 Å². The minimum atomic E-state index is -0.598. The van der Waals surface area contributed by atoms with Gasteiger partial charge in [-0.2, -0.15) is 0 Å². The van der Waals surface area contributed by atoms with Crippen molar-refractivity contribution in [3.63, 3.8) is 0 Å². The number of amides is 1. The molecule has 1 amide bonds. The summed E-state index contributed by atoms with van der Waals surface area (Å²) in [5.74, 6) is 1.38. The molecule has 144 valence electrons. The molecule has 1 aliphatic rings. The van der Waals surface area contributed by atoms with Crippen molar-refractivity contribution in [3.8, 4) is 11.5 Å². The normalized spacial score (nSPS) is 18.6. The lowest BCUT2D eigenvalue weighted by Crippen LogP contribution is -2.44. The molecule has 3 aromatic rings. The molecule has 0 radical (unpaired) electrons. The monoisotopic (exact) mass is 375 g/mol. The SMILES string of the molecule is C[C@H](Oc1ccc2ccccc2c1)C(=O)N[C@H]1CC(C)(C)Oc2ccccc21. The molecule has 1 aliphatic heterocycles. The van der Waals surface area contributed by atoms with Crippen LogP contribution in [0.25, 0.3) is 10.8 Å². The molecule has 0 aliphatic carbocycles. The number of ether oxygens (including phenoxy) is 2. The maximum Gasteiger partial charge on any atom is 0.261 e. The van der Waals surface area contributed by atoms with E-state index in [2.05, 4.69) is 11.4 Å². The number of nitrogens with one attached hydrogen (secondary N) is 1. The summed E-state index contributed by atoms with van der Waals surface area (Å²) in [5, 5.41) is 5.38. The fourth-order valence-electron chi connectivity index (χ4n) is 3.72. The first-order valence-electron chi connectivity index (χ1n) is 9.65. The number of benzene rings is 3.